The van der Waals surface area contributed by atoms with Gasteiger partial charge in [-0.25, -0.2) is 0 Å². The Labute approximate surface area is 118 Å². The molecule has 0 aromatic carbocycles. The lowest BCUT2D eigenvalue weighted by Crippen LogP contribution is -1.95. The molecule has 0 saturated heterocycles. The van der Waals surface area contributed by atoms with Crippen LogP contribution in [0.25, 0.3) is 22.3 Å². The third-order valence-corrected chi connectivity index (χ3v) is 3.49. The van der Waals surface area contributed by atoms with E-state index in [0.29, 0.717) is 0 Å². The molecule has 3 aliphatic carbocycles. The molecule has 3 aliphatic rings. The zero-order valence-electron chi connectivity index (χ0n) is 11.6. The van der Waals surface area contributed by atoms with E-state index in [-0.39, 0.29) is 5.78 Å². The summed E-state index contributed by atoms with van der Waals surface area (Å²) in [4.78, 5) is 16.6. The minimum absolute atomic E-state index is 0.114. The van der Waals surface area contributed by atoms with Crippen molar-refractivity contribution >= 4 is 5.78 Å². The zero-order valence-corrected chi connectivity index (χ0v) is 11.6. The molecule has 1 heterocycles. The Hall–Kier alpha value is -2.48. The number of nitrogens with zero attached hydrogens (tertiary/aromatic N) is 1. The second kappa shape index (κ2) is 4.89. The van der Waals surface area contributed by atoms with Crippen molar-refractivity contribution in [3.8, 4) is 22.3 Å². The zero-order chi connectivity index (χ0) is 14.1. The SMILES string of the molecule is CC.O=C1c2ccncc2-c2cc3cccccc-3c21. The summed E-state index contributed by atoms with van der Waals surface area (Å²) in [5, 5.41) is 0. The Balaban J connectivity index is 0.000000581. The van der Waals surface area contributed by atoms with E-state index in [1.165, 1.54) is 0 Å². The molecule has 0 atom stereocenters. The van der Waals surface area contributed by atoms with Gasteiger partial charge >= 0.3 is 0 Å². The van der Waals surface area contributed by atoms with Gasteiger partial charge in [0.05, 0.1) is 0 Å². The Morgan fingerprint density at radius 2 is 1.65 bits per heavy atom. The maximum absolute atomic E-state index is 12.4. The fourth-order valence-electron chi connectivity index (χ4n) is 2.69. The van der Waals surface area contributed by atoms with Crippen LogP contribution in [0.1, 0.15) is 29.8 Å². The molecule has 0 spiro atoms. The van der Waals surface area contributed by atoms with Crippen LogP contribution in [-0.2, 0) is 0 Å². The number of aromatic nitrogens is 1. The molecule has 0 N–H and O–H groups in total. The Bertz CT molecular complexity index is 761. The van der Waals surface area contributed by atoms with Crippen LogP contribution < -0.4 is 0 Å². The first-order valence-corrected chi connectivity index (χ1v) is 6.87. The third kappa shape index (κ3) is 1.65. The molecule has 2 nitrogen and oxygen atoms in total. The van der Waals surface area contributed by atoms with Crippen LogP contribution >= 0.6 is 0 Å². The highest BCUT2D eigenvalue weighted by atomic mass is 16.1. The second-order valence-electron chi connectivity index (χ2n) is 4.46. The molecule has 0 fully saturated rings. The van der Waals surface area contributed by atoms with Gasteiger partial charge in [-0.1, -0.05) is 44.2 Å². The van der Waals surface area contributed by atoms with Crippen LogP contribution in [0, 0.1) is 0 Å². The molecule has 0 unspecified atom stereocenters. The smallest absolute Gasteiger partial charge is 0.195 e. The summed E-state index contributed by atoms with van der Waals surface area (Å²) in [6.45, 7) is 4.00. The van der Waals surface area contributed by atoms with Crippen molar-refractivity contribution in [2.45, 2.75) is 13.8 Å². The van der Waals surface area contributed by atoms with Gasteiger partial charge in [0.15, 0.2) is 5.78 Å². The van der Waals surface area contributed by atoms with E-state index in [4.69, 9.17) is 0 Å². The van der Waals surface area contributed by atoms with Gasteiger partial charge in [-0.05, 0) is 28.8 Å². The maximum atomic E-state index is 12.4. The van der Waals surface area contributed by atoms with Gasteiger partial charge in [0.1, 0.15) is 0 Å². The average molecular weight is 261 g/mol. The molecule has 0 aliphatic heterocycles. The van der Waals surface area contributed by atoms with Crippen molar-refractivity contribution < 1.29 is 4.79 Å². The van der Waals surface area contributed by atoms with Crippen LogP contribution in [-0.4, -0.2) is 10.8 Å². The van der Waals surface area contributed by atoms with Gasteiger partial charge in [0, 0.05) is 29.1 Å². The lowest BCUT2D eigenvalue weighted by Gasteiger charge is -1.98. The van der Waals surface area contributed by atoms with E-state index in [0.717, 1.165) is 33.4 Å². The van der Waals surface area contributed by atoms with Crippen LogP contribution in [0.2, 0.25) is 0 Å². The average Bonchev–Trinajstić information content (AvgIpc) is 2.88. The van der Waals surface area contributed by atoms with Crippen LogP contribution in [0.15, 0.2) is 54.9 Å². The predicted octanol–water partition coefficient (Wildman–Crippen LogP) is 4.42. The summed E-state index contributed by atoms with van der Waals surface area (Å²) in [7, 11) is 0. The first-order valence-electron chi connectivity index (χ1n) is 6.87. The highest BCUT2D eigenvalue weighted by Gasteiger charge is 2.31. The molecule has 1 aromatic rings. The molecule has 0 saturated carbocycles. The molecule has 0 radical (unpaired) electrons. The van der Waals surface area contributed by atoms with E-state index in [1.807, 2.05) is 44.2 Å². The molecule has 4 rings (SSSR count). The van der Waals surface area contributed by atoms with Gasteiger partial charge in [-0.2, -0.15) is 0 Å². The molecule has 0 bridgehead atoms. The number of fused-ring (bicyclic) bond motifs is 5. The van der Waals surface area contributed by atoms with E-state index in [9.17, 15) is 4.79 Å². The minimum Gasteiger partial charge on any atom is -0.289 e. The van der Waals surface area contributed by atoms with Gasteiger partial charge in [0.2, 0.25) is 0 Å². The number of carbonyl (C=O) groups excluding carboxylic acids is 1. The molecule has 20 heavy (non-hydrogen) atoms. The standard InChI is InChI=1S/C16H9NO.C2H6/c18-16-12-6-7-17-9-14(12)13-8-10-4-2-1-3-5-11(10)15(13)16;1-2/h1-9H;1-2H3. The number of carbonyl (C=O) groups is 1. The summed E-state index contributed by atoms with van der Waals surface area (Å²) < 4.78 is 0. The van der Waals surface area contributed by atoms with E-state index >= 15 is 0 Å². The van der Waals surface area contributed by atoms with Crippen LogP contribution in [0.4, 0.5) is 0 Å². The summed E-state index contributed by atoms with van der Waals surface area (Å²) in [6, 6.07) is 13.9. The van der Waals surface area contributed by atoms with Crippen molar-refractivity contribution in [1.82, 2.24) is 4.98 Å². The molecule has 98 valence electrons. The maximum Gasteiger partial charge on any atom is 0.195 e. The van der Waals surface area contributed by atoms with Crippen molar-refractivity contribution in [2.75, 3.05) is 0 Å². The van der Waals surface area contributed by atoms with Crippen LogP contribution in [0.5, 0.6) is 0 Å². The fraction of sp³-hybridized carbons (Fsp3) is 0.111. The minimum atomic E-state index is 0.114. The highest BCUT2D eigenvalue weighted by molar-refractivity contribution is 6.25. The number of hydrogen-bond donors (Lipinski definition) is 0. The van der Waals surface area contributed by atoms with Gasteiger partial charge in [-0.15, -0.1) is 0 Å². The van der Waals surface area contributed by atoms with Crippen molar-refractivity contribution in [3.05, 3.63) is 66.0 Å². The molecule has 0 amide bonds. The van der Waals surface area contributed by atoms with Crippen LogP contribution in [0.3, 0.4) is 0 Å². The first kappa shape index (κ1) is 12.5. The van der Waals surface area contributed by atoms with Crippen molar-refractivity contribution in [1.29, 1.82) is 0 Å². The van der Waals surface area contributed by atoms with Gasteiger partial charge in [0.25, 0.3) is 0 Å². The summed E-state index contributed by atoms with van der Waals surface area (Å²) >= 11 is 0. The Kier molecular flexibility index (Phi) is 3.07. The quantitative estimate of drug-likeness (QED) is 0.469. The molecular weight excluding hydrogens is 246 g/mol. The summed E-state index contributed by atoms with van der Waals surface area (Å²) in [5.74, 6) is 0.114. The Morgan fingerprint density at radius 3 is 2.50 bits per heavy atom. The lowest BCUT2D eigenvalue weighted by atomic mass is 10.1. The van der Waals surface area contributed by atoms with Crippen molar-refractivity contribution in [2.24, 2.45) is 0 Å². The van der Waals surface area contributed by atoms with E-state index < -0.39 is 0 Å². The normalized spacial score (nSPS) is 11.6. The van der Waals surface area contributed by atoms with E-state index in [1.54, 1.807) is 18.5 Å². The van der Waals surface area contributed by atoms with Gasteiger partial charge < -0.3 is 0 Å². The molecular formula is C18H15NO. The largest absolute Gasteiger partial charge is 0.289 e. The first-order chi connectivity index (χ1) is 9.86. The number of hydrogen-bond acceptors (Lipinski definition) is 2. The van der Waals surface area contributed by atoms with E-state index in [2.05, 4.69) is 11.1 Å². The number of ketones is 1. The Morgan fingerprint density at radius 1 is 0.850 bits per heavy atom. The number of pyridine rings is 1. The molecule has 1 aromatic heterocycles. The highest BCUT2D eigenvalue weighted by Crippen LogP contribution is 2.44. The fourth-order valence-corrected chi connectivity index (χ4v) is 2.69. The molecule has 2 heteroatoms. The third-order valence-electron chi connectivity index (χ3n) is 3.49. The number of rotatable bonds is 0. The second-order valence-corrected chi connectivity index (χ2v) is 4.46. The summed E-state index contributed by atoms with van der Waals surface area (Å²) in [5.41, 5.74) is 5.69. The predicted molar refractivity (Wildman–Crippen MR) is 81.1 cm³/mol. The van der Waals surface area contributed by atoms with Gasteiger partial charge in [-0.3, -0.25) is 9.78 Å². The van der Waals surface area contributed by atoms with Crippen molar-refractivity contribution in [3.63, 3.8) is 0 Å². The topological polar surface area (TPSA) is 30.0 Å². The lowest BCUT2D eigenvalue weighted by molar-refractivity contribution is 0.104. The monoisotopic (exact) mass is 261 g/mol. The summed E-state index contributed by atoms with van der Waals surface area (Å²) in [6.07, 6.45) is 3.45.